The number of hydrogen-bond donors (Lipinski definition) is 2. The maximum absolute atomic E-state index is 13.2. The zero-order valence-corrected chi connectivity index (χ0v) is 11.2. The second kappa shape index (κ2) is 5.85. The van der Waals surface area contributed by atoms with Gasteiger partial charge in [-0.2, -0.15) is 0 Å². The van der Waals surface area contributed by atoms with Crippen LogP contribution in [0.1, 0.15) is 29.7 Å². The molecule has 0 aliphatic heterocycles. The molecule has 0 aliphatic rings. The fraction of sp³-hybridized carbons (Fsp3) is 0.250. The molecule has 0 bridgehead atoms. The molecule has 2 aromatic carbocycles. The predicted molar refractivity (Wildman–Crippen MR) is 74.5 cm³/mol. The third kappa shape index (κ3) is 3.12. The molecule has 0 fully saturated rings. The van der Waals surface area contributed by atoms with Gasteiger partial charge in [-0.25, -0.2) is 4.39 Å². The fourth-order valence-electron chi connectivity index (χ4n) is 2.15. The maximum Gasteiger partial charge on any atom is 0.165 e. The van der Waals surface area contributed by atoms with Crippen LogP contribution in [-0.2, 0) is 6.54 Å². The van der Waals surface area contributed by atoms with Crippen LogP contribution < -0.4 is 5.32 Å². The van der Waals surface area contributed by atoms with E-state index in [1.165, 1.54) is 17.2 Å². The lowest BCUT2D eigenvalue weighted by atomic mass is 10.0. The van der Waals surface area contributed by atoms with E-state index in [4.69, 9.17) is 0 Å². The first kappa shape index (κ1) is 13.6. The topological polar surface area (TPSA) is 32.3 Å². The number of halogens is 1. The molecule has 2 rings (SSSR count). The van der Waals surface area contributed by atoms with Gasteiger partial charge in [0, 0.05) is 18.2 Å². The van der Waals surface area contributed by atoms with Crippen LogP contribution in [0.15, 0.2) is 42.5 Å². The van der Waals surface area contributed by atoms with Crippen LogP contribution >= 0.6 is 0 Å². The molecule has 0 saturated heterocycles. The normalized spacial score (nSPS) is 12.4. The molecule has 0 spiro atoms. The van der Waals surface area contributed by atoms with Crippen LogP contribution in [0.3, 0.4) is 0 Å². The van der Waals surface area contributed by atoms with E-state index >= 15 is 0 Å². The molecule has 0 unspecified atom stereocenters. The van der Waals surface area contributed by atoms with Crippen molar-refractivity contribution in [2.24, 2.45) is 0 Å². The Morgan fingerprint density at radius 3 is 2.63 bits per heavy atom. The number of phenols is 1. The van der Waals surface area contributed by atoms with Gasteiger partial charge in [-0.3, -0.25) is 0 Å². The number of phenolic OH excluding ortho intramolecular Hbond substituents is 1. The Morgan fingerprint density at radius 2 is 1.89 bits per heavy atom. The van der Waals surface area contributed by atoms with Crippen molar-refractivity contribution in [2.45, 2.75) is 26.4 Å². The molecule has 0 aromatic heterocycles. The van der Waals surface area contributed by atoms with E-state index in [1.54, 1.807) is 12.1 Å². The SMILES string of the molecule is Cc1ccccc1[C@@H](C)NCc1cccc(F)c1O. The van der Waals surface area contributed by atoms with Crippen molar-refractivity contribution in [3.05, 3.63) is 65.0 Å². The zero-order chi connectivity index (χ0) is 13.8. The third-order valence-corrected chi connectivity index (χ3v) is 3.32. The first-order valence-electron chi connectivity index (χ1n) is 6.35. The summed E-state index contributed by atoms with van der Waals surface area (Å²) < 4.78 is 13.2. The number of aromatic hydroxyl groups is 1. The first-order chi connectivity index (χ1) is 9.09. The predicted octanol–water partition coefficient (Wildman–Crippen LogP) is 3.69. The van der Waals surface area contributed by atoms with E-state index in [0.29, 0.717) is 12.1 Å². The number of hydrogen-bond acceptors (Lipinski definition) is 2. The van der Waals surface area contributed by atoms with E-state index in [9.17, 15) is 9.50 Å². The lowest BCUT2D eigenvalue weighted by Crippen LogP contribution is -2.19. The maximum atomic E-state index is 13.2. The Bertz CT molecular complexity index is 568. The van der Waals surface area contributed by atoms with Crippen molar-refractivity contribution in [1.82, 2.24) is 5.32 Å². The molecule has 0 aliphatic carbocycles. The summed E-state index contributed by atoms with van der Waals surface area (Å²) in [6.07, 6.45) is 0. The van der Waals surface area contributed by atoms with Gasteiger partial charge in [0.2, 0.25) is 0 Å². The summed E-state index contributed by atoms with van der Waals surface area (Å²) in [4.78, 5) is 0. The van der Waals surface area contributed by atoms with Crippen molar-refractivity contribution in [1.29, 1.82) is 0 Å². The van der Waals surface area contributed by atoms with Crippen LogP contribution in [0.4, 0.5) is 4.39 Å². The molecule has 0 saturated carbocycles. The summed E-state index contributed by atoms with van der Waals surface area (Å²) >= 11 is 0. The van der Waals surface area contributed by atoms with Crippen LogP contribution in [0.5, 0.6) is 5.75 Å². The van der Waals surface area contributed by atoms with Crippen molar-refractivity contribution in [3.8, 4) is 5.75 Å². The molecule has 2 N–H and O–H groups in total. The van der Waals surface area contributed by atoms with Gasteiger partial charge in [0.15, 0.2) is 11.6 Å². The number of para-hydroxylation sites is 1. The number of nitrogens with one attached hydrogen (secondary N) is 1. The third-order valence-electron chi connectivity index (χ3n) is 3.32. The Balaban J connectivity index is 2.07. The van der Waals surface area contributed by atoms with Crippen LogP contribution in [-0.4, -0.2) is 5.11 Å². The highest BCUT2D eigenvalue weighted by Crippen LogP contribution is 2.22. The van der Waals surface area contributed by atoms with Gasteiger partial charge in [0.05, 0.1) is 0 Å². The van der Waals surface area contributed by atoms with Gasteiger partial charge in [-0.05, 0) is 31.0 Å². The summed E-state index contributed by atoms with van der Waals surface area (Å²) in [6, 6.07) is 12.9. The highest BCUT2D eigenvalue weighted by Gasteiger charge is 2.10. The molecule has 0 radical (unpaired) electrons. The van der Waals surface area contributed by atoms with Crippen molar-refractivity contribution >= 4 is 0 Å². The minimum atomic E-state index is -0.581. The van der Waals surface area contributed by atoms with Crippen molar-refractivity contribution in [2.75, 3.05) is 0 Å². The van der Waals surface area contributed by atoms with Gasteiger partial charge < -0.3 is 10.4 Å². The quantitative estimate of drug-likeness (QED) is 0.877. The highest BCUT2D eigenvalue weighted by atomic mass is 19.1. The second-order valence-electron chi connectivity index (χ2n) is 4.71. The smallest absolute Gasteiger partial charge is 0.165 e. The highest BCUT2D eigenvalue weighted by molar-refractivity contribution is 5.34. The van der Waals surface area contributed by atoms with Crippen LogP contribution in [0.2, 0.25) is 0 Å². The molecule has 3 heteroatoms. The monoisotopic (exact) mass is 259 g/mol. The van der Waals surface area contributed by atoms with E-state index in [2.05, 4.69) is 31.3 Å². The lowest BCUT2D eigenvalue weighted by molar-refractivity contribution is 0.420. The summed E-state index contributed by atoms with van der Waals surface area (Å²) in [7, 11) is 0. The minimum Gasteiger partial charge on any atom is -0.505 e. The lowest BCUT2D eigenvalue weighted by Gasteiger charge is -2.17. The summed E-state index contributed by atoms with van der Waals surface area (Å²) in [5.41, 5.74) is 2.99. The Kier molecular flexibility index (Phi) is 4.17. The Labute approximate surface area is 112 Å². The summed E-state index contributed by atoms with van der Waals surface area (Å²) in [5, 5.41) is 12.9. The molecule has 19 heavy (non-hydrogen) atoms. The zero-order valence-electron chi connectivity index (χ0n) is 11.2. The van der Waals surface area contributed by atoms with Crippen LogP contribution in [0.25, 0.3) is 0 Å². The average molecular weight is 259 g/mol. The average Bonchev–Trinajstić information content (AvgIpc) is 2.40. The van der Waals surface area contributed by atoms with Crippen LogP contribution in [0, 0.1) is 12.7 Å². The number of aryl methyl sites for hydroxylation is 1. The molecular weight excluding hydrogens is 241 g/mol. The Morgan fingerprint density at radius 1 is 1.16 bits per heavy atom. The van der Waals surface area contributed by atoms with Gasteiger partial charge in [0.25, 0.3) is 0 Å². The van der Waals surface area contributed by atoms with Gasteiger partial charge in [0.1, 0.15) is 0 Å². The van der Waals surface area contributed by atoms with Crippen molar-refractivity contribution < 1.29 is 9.50 Å². The fourth-order valence-corrected chi connectivity index (χ4v) is 2.15. The van der Waals surface area contributed by atoms with Gasteiger partial charge in [-0.1, -0.05) is 36.4 Å². The largest absolute Gasteiger partial charge is 0.505 e. The second-order valence-corrected chi connectivity index (χ2v) is 4.71. The molecule has 2 nitrogen and oxygen atoms in total. The van der Waals surface area contributed by atoms with E-state index in [-0.39, 0.29) is 11.8 Å². The first-order valence-corrected chi connectivity index (χ1v) is 6.35. The molecule has 1 atom stereocenters. The van der Waals surface area contributed by atoms with E-state index in [1.807, 2.05) is 12.1 Å². The minimum absolute atomic E-state index is 0.142. The van der Waals surface area contributed by atoms with E-state index < -0.39 is 5.82 Å². The van der Waals surface area contributed by atoms with Gasteiger partial charge >= 0.3 is 0 Å². The molecule has 0 heterocycles. The Hall–Kier alpha value is -1.87. The van der Waals surface area contributed by atoms with E-state index in [0.717, 1.165) is 0 Å². The summed E-state index contributed by atoms with van der Waals surface area (Å²) in [6.45, 7) is 4.55. The number of benzene rings is 2. The summed E-state index contributed by atoms with van der Waals surface area (Å²) in [5.74, 6) is -0.852. The number of rotatable bonds is 4. The molecule has 100 valence electrons. The molecule has 0 amide bonds. The van der Waals surface area contributed by atoms with Gasteiger partial charge in [-0.15, -0.1) is 0 Å². The molecular formula is C16H18FNO. The standard InChI is InChI=1S/C16H18FNO/c1-11-6-3-4-8-14(11)12(2)18-10-13-7-5-9-15(17)16(13)19/h3-9,12,18-19H,10H2,1-2H3/t12-/m1/s1. The molecule has 2 aromatic rings. The van der Waals surface area contributed by atoms with Crippen molar-refractivity contribution in [3.63, 3.8) is 0 Å².